The second kappa shape index (κ2) is 2.67. The van der Waals surface area contributed by atoms with Crippen LogP contribution in [0, 0.1) is 0 Å². The van der Waals surface area contributed by atoms with Crippen LogP contribution in [-0.2, 0) is 0 Å². The predicted molar refractivity (Wildman–Crippen MR) is 46.4 cm³/mol. The molecule has 0 aromatic rings. The first-order valence-electron chi connectivity index (χ1n) is 4.12. The van der Waals surface area contributed by atoms with Crippen LogP contribution >= 0.6 is 7.28 Å². The van der Waals surface area contributed by atoms with Gasteiger partial charge in [0.2, 0.25) is 0 Å². The third kappa shape index (κ3) is 2.68. The number of hydrogen-bond donors (Lipinski definition) is 3. The summed E-state index contributed by atoms with van der Waals surface area (Å²) in [4.78, 5) is 28.0. The molecule has 3 nitrogen and oxygen atoms in total. The molecule has 0 unspecified atom stereocenters. The van der Waals surface area contributed by atoms with Gasteiger partial charge in [0.15, 0.2) is 0 Å². The molecule has 1 fully saturated rings. The first kappa shape index (κ1) is 9.40. The molecule has 11 heavy (non-hydrogen) atoms. The molecule has 0 saturated heterocycles. The Labute approximate surface area is 67.2 Å². The molecule has 1 aliphatic carbocycles. The summed E-state index contributed by atoms with van der Waals surface area (Å²) < 4.78 is 0. The standard InChI is InChI=1S/C7H17O3P/c1-11(8,9,10)7-5-3-2-4-6-7/h7-10H,2-6H2,1H3. The molecule has 0 aromatic heterocycles. The van der Waals surface area contributed by atoms with Crippen molar-refractivity contribution < 1.29 is 14.7 Å². The molecule has 1 rings (SSSR count). The van der Waals surface area contributed by atoms with E-state index in [-0.39, 0.29) is 5.66 Å². The molecule has 0 spiro atoms. The van der Waals surface area contributed by atoms with Crippen LogP contribution in [0.3, 0.4) is 0 Å². The molecular formula is C7H17O3P. The SMILES string of the molecule is CP(O)(O)(O)C1CCCCC1. The van der Waals surface area contributed by atoms with Crippen LogP contribution in [0.1, 0.15) is 32.1 Å². The normalized spacial score (nSPS) is 26.0. The zero-order valence-corrected chi connectivity index (χ0v) is 7.80. The van der Waals surface area contributed by atoms with Gasteiger partial charge < -0.3 is 0 Å². The van der Waals surface area contributed by atoms with Gasteiger partial charge in [-0.05, 0) is 0 Å². The Morgan fingerprint density at radius 3 is 1.73 bits per heavy atom. The third-order valence-corrected chi connectivity index (χ3v) is 4.66. The summed E-state index contributed by atoms with van der Waals surface area (Å²) in [5.74, 6) is 0. The maximum absolute atomic E-state index is 9.35. The summed E-state index contributed by atoms with van der Waals surface area (Å²) in [6.07, 6.45) is 4.70. The van der Waals surface area contributed by atoms with Gasteiger partial charge in [0.05, 0.1) is 0 Å². The van der Waals surface area contributed by atoms with Crippen LogP contribution in [0.25, 0.3) is 0 Å². The summed E-state index contributed by atoms with van der Waals surface area (Å²) in [6.45, 7) is 1.20. The van der Waals surface area contributed by atoms with E-state index in [1.807, 2.05) is 0 Å². The van der Waals surface area contributed by atoms with Crippen LogP contribution in [0.2, 0.25) is 0 Å². The summed E-state index contributed by atoms with van der Waals surface area (Å²) in [6, 6.07) is 0. The van der Waals surface area contributed by atoms with E-state index in [1.165, 1.54) is 6.66 Å². The Balaban J connectivity index is 2.59. The van der Waals surface area contributed by atoms with E-state index in [4.69, 9.17) is 0 Å². The second-order valence-corrected chi connectivity index (χ2v) is 7.44. The fourth-order valence-corrected chi connectivity index (χ4v) is 3.26. The molecule has 0 atom stereocenters. The van der Waals surface area contributed by atoms with E-state index in [9.17, 15) is 14.7 Å². The molecular weight excluding hydrogens is 163 g/mol. The predicted octanol–water partition coefficient (Wildman–Crippen LogP) is 1.22. The van der Waals surface area contributed by atoms with Crippen LogP contribution in [0.15, 0.2) is 0 Å². The molecule has 0 radical (unpaired) electrons. The van der Waals surface area contributed by atoms with Crippen LogP contribution < -0.4 is 0 Å². The van der Waals surface area contributed by atoms with Gasteiger partial charge in [-0.2, -0.15) is 0 Å². The molecule has 0 amide bonds. The fraction of sp³-hybridized carbons (Fsp3) is 1.00. The van der Waals surface area contributed by atoms with Crippen molar-refractivity contribution in [2.45, 2.75) is 37.8 Å². The first-order valence-corrected chi connectivity index (χ1v) is 6.73. The molecule has 1 aliphatic rings. The van der Waals surface area contributed by atoms with Crippen molar-refractivity contribution in [3.63, 3.8) is 0 Å². The van der Waals surface area contributed by atoms with Crippen LogP contribution in [0.5, 0.6) is 0 Å². The van der Waals surface area contributed by atoms with Gasteiger partial charge in [0.1, 0.15) is 0 Å². The maximum atomic E-state index is 9.35. The summed E-state index contributed by atoms with van der Waals surface area (Å²) >= 11 is 0. The molecule has 68 valence electrons. The van der Waals surface area contributed by atoms with Crippen molar-refractivity contribution >= 4 is 7.28 Å². The fourth-order valence-electron chi connectivity index (χ4n) is 1.69. The Morgan fingerprint density at radius 2 is 1.45 bits per heavy atom. The Kier molecular flexibility index (Phi) is 2.28. The van der Waals surface area contributed by atoms with E-state index in [0.717, 1.165) is 32.1 Å². The van der Waals surface area contributed by atoms with Crippen molar-refractivity contribution in [3.8, 4) is 0 Å². The van der Waals surface area contributed by atoms with Crippen molar-refractivity contribution in [2.75, 3.05) is 6.66 Å². The van der Waals surface area contributed by atoms with E-state index in [0.29, 0.717) is 0 Å². The summed E-state index contributed by atoms with van der Waals surface area (Å²) in [5, 5.41) is 0. The Hall–Kier alpha value is 0.310. The topological polar surface area (TPSA) is 60.7 Å². The molecule has 4 heteroatoms. The minimum absolute atomic E-state index is 0.255. The average molecular weight is 180 g/mol. The molecule has 0 aromatic carbocycles. The van der Waals surface area contributed by atoms with Gasteiger partial charge in [0.25, 0.3) is 0 Å². The third-order valence-electron chi connectivity index (χ3n) is 2.43. The van der Waals surface area contributed by atoms with Gasteiger partial charge in [-0.1, -0.05) is 0 Å². The molecule has 3 N–H and O–H groups in total. The van der Waals surface area contributed by atoms with E-state index >= 15 is 0 Å². The second-order valence-electron chi connectivity index (χ2n) is 3.76. The summed E-state index contributed by atoms with van der Waals surface area (Å²) in [5.41, 5.74) is -0.255. The molecule has 0 aliphatic heterocycles. The van der Waals surface area contributed by atoms with Crippen molar-refractivity contribution in [1.82, 2.24) is 0 Å². The van der Waals surface area contributed by atoms with Crippen molar-refractivity contribution in [2.24, 2.45) is 0 Å². The number of rotatable bonds is 1. The van der Waals surface area contributed by atoms with Gasteiger partial charge in [-0.25, -0.2) is 0 Å². The minimum atomic E-state index is -4.21. The van der Waals surface area contributed by atoms with Crippen LogP contribution in [0.4, 0.5) is 0 Å². The monoisotopic (exact) mass is 180 g/mol. The average Bonchev–Trinajstić information content (AvgIpc) is 1.86. The quantitative estimate of drug-likeness (QED) is 0.532. The number of hydrogen-bond acceptors (Lipinski definition) is 3. The van der Waals surface area contributed by atoms with Gasteiger partial charge in [0, 0.05) is 0 Å². The zero-order valence-electron chi connectivity index (χ0n) is 6.90. The van der Waals surface area contributed by atoms with Gasteiger partial charge >= 0.3 is 66.4 Å². The Morgan fingerprint density at radius 1 is 1.00 bits per heavy atom. The molecule has 1 saturated carbocycles. The van der Waals surface area contributed by atoms with Crippen molar-refractivity contribution in [3.05, 3.63) is 0 Å². The van der Waals surface area contributed by atoms with E-state index < -0.39 is 7.28 Å². The van der Waals surface area contributed by atoms with Gasteiger partial charge in [-0.15, -0.1) is 0 Å². The first-order chi connectivity index (χ1) is 4.86. The zero-order chi connectivity index (χ0) is 8.56. The molecule has 0 heterocycles. The summed E-state index contributed by atoms with van der Waals surface area (Å²) in [7, 11) is -4.21. The van der Waals surface area contributed by atoms with E-state index in [2.05, 4.69) is 0 Å². The van der Waals surface area contributed by atoms with E-state index in [1.54, 1.807) is 0 Å². The van der Waals surface area contributed by atoms with Crippen LogP contribution in [-0.4, -0.2) is 27.0 Å². The van der Waals surface area contributed by atoms with Gasteiger partial charge in [-0.3, -0.25) is 0 Å². The Bertz CT molecular complexity index is 134. The van der Waals surface area contributed by atoms with Crippen molar-refractivity contribution in [1.29, 1.82) is 0 Å². The molecule has 0 bridgehead atoms.